The molecule has 0 radical (unpaired) electrons. The molecule has 2 nitrogen and oxygen atoms in total. The van der Waals surface area contributed by atoms with Gasteiger partial charge >= 0.3 is 0 Å². The van der Waals surface area contributed by atoms with Crippen molar-refractivity contribution < 1.29 is 14.2 Å². The van der Waals surface area contributed by atoms with Crippen LogP contribution in [0.5, 0.6) is 11.5 Å². The molecular weight excluding hydrogens is 255 g/mol. The van der Waals surface area contributed by atoms with Gasteiger partial charge in [0, 0.05) is 5.02 Å². The van der Waals surface area contributed by atoms with Gasteiger partial charge in [-0.3, -0.25) is 0 Å². The molecule has 18 heavy (non-hydrogen) atoms. The summed E-state index contributed by atoms with van der Waals surface area (Å²) in [5, 5.41) is 9.93. The smallest absolute Gasteiger partial charge is 0.166 e. The van der Waals surface area contributed by atoms with E-state index in [9.17, 15) is 9.50 Å². The first-order chi connectivity index (χ1) is 8.56. The molecule has 2 aromatic carbocycles. The van der Waals surface area contributed by atoms with E-state index in [1.807, 2.05) is 0 Å². The Balaban J connectivity index is 2.22. The summed E-state index contributed by atoms with van der Waals surface area (Å²) in [4.78, 5) is 0. The predicted molar refractivity (Wildman–Crippen MR) is 68.6 cm³/mol. The standard InChI is InChI=1S/C14H12ClFO2/c1-9(17)10-2-7-14(13(16)8-10)18-12-5-3-11(15)4-6-12/h2-9,17H,1H3/t9-/m0/s1. The molecule has 0 spiro atoms. The van der Waals surface area contributed by atoms with Crippen molar-refractivity contribution in [1.29, 1.82) is 0 Å². The van der Waals surface area contributed by atoms with Gasteiger partial charge in [0.05, 0.1) is 6.10 Å². The molecule has 0 fully saturated rings. The number of ether oxygens (including phenoxy) is 1. The minimum atomic E-state index is -0.705. The van der Waals surface area contributed by atoms with Crippen LogP contribution in [-0.2, 0) is 0 Å². The molecule has 2 aromatic rings. The number of aliphatic hydroxyl groups excluding tert-OH is 1. The number of benzene rings is 2. The molecule has 2 rings (SSSR count). The monoisotopic (exact) mass is 266 g/mol. The van der Waals surface area contributed by atoms with Gasteiger partial charge in [-0.15, -0.1) is 0 Å². The lowest BCUT2D eigenvalue weighted by atomic mass is 10.1. The number of halogens is 2. The van der Waals surface area contributed by atoms with E-state index < -0.39 is 11.9 Å². The molecule has 0 aliphatic heterocycles. The quantitative estimate of drug-likeness (QED) is 0.896. The van der Waals surface area contributed by atoms with Gasteiger partial charge in [-0.05, 0) is 48.9 Å². The maximum atomic E-state index is 13.7. The van der Waals surface area contributed by atoms with Crippen molar-refractivity contribution in [3.8, 4) is 11.5 Å². The van der Waals surface area contributed by atoms with Crippen LogP contribution in [-0.4, -0.2) is 5.11 Å². The van der Waals surface area contributed by atoms with Crippen LogP contribution in [0.1, 0.15) is 18.6 Å². The number of aliphatic hydroxyl groups is 1. The van der Waals surface area contributed by atoms with Crippen LogP contribution in [0.15, 0.2) is 42.5 Å². The fourth-order valence-corrected chi connectivity index (χ4v) is 1.62. The lowest BCUT2D eigenvalue weighted by Crippen LogP contribution is -1.94. The van der Waals surface area contributed by atoms with Crippen molar-refractivity contribution in [1.82, 2.24) is 0 Å². The van der Waals surface area contributed by atoms with Gasteiger partial charge in [0.1, 0.15) is 5.75 Å². The summed E-state index contributed by atoms with van der Waals surface area (Å²) in [5.41, 5.74) is 0.510. The topological polar surface area (TPSA) is 29.5 Å². The molecule has 0 amide bonds. The summed E-state index contributed by atoms with van der Waals surface area (Å²) in [6.45, 7) is 1.58. The fourth-order valence-electron chi connectivity index (χ4n) is 1.49. The second kappa shape index (κ2) is 5.38. The Bertz CT molecular complexity index is 538. The Hall–Kier alpha value is -1.58. The molecule has 0 aromatic heterocycles. The summed E-state index contributed by atoms with van der Waals surface area (Å²) in [6.07, 6.45) is -0.705. The van der Waals surface area contributed by atoms with E-state index in [-0.39, 0.29) is 5.75 Å². The number of hydrogen-bond donors (Lipinski definition) is 1. The van der Waals surface area contributed by atoms with Crippen molar-refractivity contribution >= 4 is 11.6 Å². The highest BCUT2D eigenvalue weighted by Gasteiger charge is 2.08. The van der Waals surface area contributed by atoms with Crippen LogP contribution in [0.4, 0.5) is 4.39 Å². The lowest BCUT2D eigenvalue weighted by Gasteiger charge is -2.09. The van der Waals surface area contributed by atoms with Crippen molar-refractivity contribution in [3.05, 3.63) is 58.9 Å². The molecule has 0 bridgehead atoms. The van der Waals surface area contributed by atoms with Crippen LogP contribution >= 0.6 is 11.6 Å². The van der Waals surface area contributed by atoms with Crippen LogP contribution in [0.25, 0.3) is 0 Å². The third-order valence-corrected chi connectivity index (χ3v) is 2.73. The second-order valence-electron chi connectivity index (χ2n) is 3.92. The average molecular weight is 267 g/mol. The molecule has 0 aliphatic carbocycles. The van der Waals surface area contributed by atoms with Gasteiger partial charge in [-0.1, -0.05) is 17.7 Å². The van der Waals surface area contributed by atoms with Gasteiger partial charge in [-0.25, -0.2) is 4.39 Å². The van der Waals surface area contributed by atoms with E-state index in [1.54, 1.807) is 37.3 Å². The maximum Gasteiger partial charge on any atom is 0.166 e. The van der Waals surface area contributed by atoms with Crippen molar-refractivity contribution in [2.45, 2.75) is 13.0 Å². The summed E-state index contributed by atoms with van der Waals surface area (Å²) < 4.78 is 19.1. The third-order valence-electron chi connectivity index (χ3n) is 2.48. The van der Waals surface area contributed by atoms with Gasteiger partial charge in [0.2, 0.25) is 0 Å². The first kappa shape index (κ1) is 12.9. The molecule has 1 N–H and O–H groups in total. The van der Waals surface area contributed by atoms with E-state index >= 15 is 0 Å². The van der Waals surface area contributed by atoms with E-state index in [4.69, 9.17) is 16.3 Å². The Morgan fingerprint density at radius 2 is 1.83 bits per heavy atom. The molecule has 1 atom stereocenters. The van der Waals surface area contributed by atoms with Crippen LogP contribution < -0.4 is 4.74 Å². The average Bonchev–Trinajstić information content (AvgIpc) is 2.34. The predicted octanol–water partition coefficient (Wildman–Crippen LogP) is 4.32. The SMILES string of the molecule is C[C@H](O)c1ccc(Oc2ccc(Cl)cc2)c(F)c1. The van der Waals surface area contributed by atoms with Gasteiger partial charge in [-0.2, -0.15) is 0 Å². The highest BCUT2D eigenvalue weighted by atomic mass is 35.5. The van der Waals surface area contributed by atoms with Crippen molar-refractivity contribution in [2.24, 2.45) is 0 Å². The normalized spacial score (nSPS) is 12.2. The molecule has 0 unspecified atom stereocenters. The summed E-state index contributed by atoms with van der Waals surface area (Å²) in [6, 6.07) is 11.0. The van der Waals surface area contributed by atoms with Crippen molar-refractivity contribution in [3.63, 3.8) is 0 Å². The summed E-state index contributed by atoms with van der Waals surface area (Å²) in [5.74, 6) is 0.105. The Morgan fingerprint density at radius 3 is 2.39 bits per heavy atom. The largest absolute Gasteiger partial charge is 0.454 e. The molecule has 0 saturated carbocycles. The molecule has 94 valence electrons. The number of rotatable bonds is 3. The molecule has 0 heterocycles. The van der Waals surface area contributed by atoms with Crippen molar-refractivity contribution in [2.75, 3.05) is 0 Å². The van der Waals surface area contributed by atoms with Crippen LogP contribution in [0.3, 0.4) is 0 Å². The Labute approximate surface area is 110 Å². The Morgan fingerprint density at radius 1 is 1.17 bits per heavy atom. The summed E-state index contributed by atoms with van der Waals surface area (Å²) in [7, 11) is 0. The van der Waals surface area contributed by atoms with E-state index in [0.29, 0.717) is 16.3 Å². The molecule has 0 aliphatic rings. The zero-order valence-electron chi connectivity index (χ0n) is 9.73. The first-order valence-corrected chi connectivity index (χ1v) is 5.85. The highest BCUT2D eigenvalue weighted by molar-refractivity contribution is 6.30. The minimum absolute atomic E-state index is 0.113. The van der Waals surface area contributed by atoms with Crippen LogP contribution in [0, 0.1) is 5.82 Å². The van der Waals surface area contributed by atoms with E-state index in [0.717, 1.165) is 0 Å². The van der Waals surface area contributed by atoms with E-state index in [2.05, 4.69) is 0 Å². The lowest BCUT2D eigenvalue weighted by molar-refractivity contribution is 0.198. The summed E-state index contributed by atoms with van der Waals surface area (Å²) >= 11 is 5.74. The Kier molecular flexibility index (Phi) is 3.84. The number of hydrogen-bond acceptors (Lipinski definition) is 2. The first-order valence-electron chi connectivity index (χ1n) is 5.47. The third kappa shape index (κ3) is 3.00. The molecule has 4 heteroatoms. The second-order valence-corrected chi connectivity index (χ2v) is 4.36. The van der Waals surface area contributed by atoms with Gasteiger partial charge in [0.25, 0.3) is 0 Å². The molecular formula is C14H12ClFO2. The zero-order valence-corrected chi connectivity index (χ0v) is 10.5. The minimum Gasteiger partial charge on any atom is -0.454 e. The van der Waals surface area contributed by atoms with Gasteiger partial charge in [0.15, 0.2) is 11.6 Å². The maximum absolute atomic E-state index is 13.7. The van der Waals surface area contributed by atoms with Gasteiger partial charge < -0.3 is 9.84 Å². The zero-order chi connectivity index (χ0) is 13.1. The molecule has 0 saturated heterocycles. The highest BCUT2D eigenvalue weighted by Crippen LogP contribution is 2.27. The fraction of sp³-hybridized carbons (Fsp3) is 0.143. The van der Waals surface area contributed by atoms with E-state index in [1.165, 1.54) is 12.1 Å². The van der Waals surface area contributed by atoms with Crippen LogP contribution in [0.2, 0.25) is 5.02 Å².